The summed E-state index contributed by atoms with van der Waals surface area (Å²) in [5.74, 6) is -4.10. The third kappa shape index (κ3) is 6.75. The van der Waals surface area contributed by atoms with Gasteiger partial charge in [-0.1, -0.05) is 12.1 Å². The second kappa shape index (κ2) is 12.4. The highest BCUT2D eigenvalue weighted by molar-refractivity contribution is 5.95. The fourth-order valence-corrected chi connectivity index (χ4v) is 5.70. The maximum Gasteiger partial charge on any atom is 0.435 e. The highest BCUT2D eigenvalue weighted by Crippen LogP contribution is 2.36. The second-order valence-electron chi connectivity index (χ2n) is 11.0. The number of hydrogen-bond acceptors (Lipinski definition) is 5. The molecule has 0 fully saturated rings. The van der Waals surface area contributed by atoms with Crippen molar-refractivity contribution in [2.45, 2.75) is 51.4 Å². The number of halogens is 6. The van der Waals surface area contributed by atoms with E-state index in [-0.39, 0.29) is 42.5 Å². The Kier molecular flexibility index (Phi) is 8.73. The van der Waals surface area contributed by atoms with Gasteiger partial charge in [0, 0.05) is 48.8 Å². The van der Waals surface area contributed by atoms with Crippen molar-refractivity contribution in [1.29, 1.82) is 0 Å². The monoisotopic (exact) mass is 614 g/mol. The van der Waals surface area contributed by atoms with E-state index in [1.165, 1.54) is 25.3 Å². The highest BCUT2D eigenvalue weighted by Gasteiger charge is 2.40. The van der Waals surface area contributed by atoms with Gasteiger partial charge < -0.3 is 4.90 Å². The molecule has 3 heterocycles. The van der Waals surface area contributed by atoms with Crippen LogP contribution < -0.4 is 0 Å². The van der Waals surface area contributed by atoms with Crippen LogP contribution in [0.25, 0.3) is 11.1 Å². The Morgan fingerprint density at radius 2 is 1.75 bits per heavy atom. The molecule has 1 aliphatic rings. The van der Waals surface area contributed by atoms with E-state index in [9.17, 15) is 35.9 Å². The third-order valence-corrected chi connectivity index (χ3v) is 7.68. The maximum atomic E-state index is 14.3. The van der Waals surface area contributed by atoms with E-state index in [0.29, 0.717) is 35.1 Å². The Morgan fingerprint density at radius 3 is 2.43 bits per heavy atom. The number of Topliss-reactive ketones (excluding diaryl/α,β-unsaturated/α-hetero) is 2. The van der Waals surface area contributed by atoms with Gasteiger partial charge in [0.2, 0.25) is 0 Å². The number of benzene rings is 2. The summed E-state index contributed by atoms with van der Waals surface area (Å²) >= 11 is 0. The van der Waals surface area contributed by atoms with E-state index < -0.39 is 53.4 Å². The molecule has 6 nitrogen and oxygen atoms in total. The first kappa shape index (κ1) is 31.1. The molecule has 0 amide bonds. The molecule has 0 saturated heterocycles. The third-order valence-electron chi connectivity index (χ3n) is 7.68. The summed E-state index contributed by atoms with van der Waals surface area (Å²) in [7, 11) is 1.76. The van der Waals surface area contributed by atoms with Gasteiger partial charge in [-0.3, -0.25) is 19.3 Å². The van der Waals surface area contributed by atoms with Crippen LogP contribution in [0.4, 0.5) is 26.3 Å². The molecule has 2 aromatic heterocycles. The van der Waals surface area contributed by atoms with E-state index in [1.54, 1.807) is 19.2 Å². The minimum atomic E-state index is -4.69. The summed E-state index contributed by atoms with van der Waals surface area (Å²) in [6, 6.07) is 10.2. The Balaban J connectivity index is 1.53. The summed E-state index contributed by atoms with van der Waals surface area (Å²) in [4.78, 5) is 31.9. The minimum absolute atomic E-state index is 0.0427. The van der Waals surface area contributed by atoms with Gasteiger partial charge >= 0.3 is 6.18 Å². The van der Waals surface area contributed by atoms with Crippen LogP contribution >= 0.6 is 0 Å². The number of carbonyl (C=O) groups is 2. The average molecular weight is 615 g/mol. The van der Waals surface area contributed by atoms with Crippen molar-refractivity contribution in [1.82, 2.24) is 19.7 Å². The predicted octanol–water partition coefficient (Wildman–Crippen LogP) is 6.56. The molecule has 0 saturated carbocycles. The number of alkyl halides is 3. The number of hydrogen-bond donors (Lipinski definition) is 0. The molecule has 0 aliphatic carbocycles. The molecule has 5 rings (SSSR count). The Morgan fingerprint density at radius 1 is 1.02 bits per heavy atom. The molecule has 0 unspecified atom stereocenters. The minimum Gasteiger partial charge on any atom is -0.300 e. The van der Waals surface area contributed by atoms with Crippen molar-refractivity contribution in [3.8, 4) is 11.1 Å². The number of fused-ring (bicyclic) bond motifs is 1. The molecule has 0 spiro atoms. The van der Waals surface area contributed by atoms with Gasteiger partial charge in [-0.05, 0) is 68.3 Å². The van der Waals surface area contributed by atoms with Crippen LogP contribution in [0.2, 0.25) is 0 Å². The molecule has 0 bridgehead atoms. The average Bonchev–Trinajstić information content (AvgIpc) is 3.30. The SMILES string of the molecule is CC(=O)c1cc(-c2cccnc2[C@@H](CC(=O)Cn2nc(C(F)(F)F)c3c2CN(C)CC3)Cc2cc(F)cc(F)c2)ccc1F. The number of pyridine rings is 1. The van der Waals surface area contributed by atoms with Crippen molar-refractivity contribution in [2.75, 3.05) is 13.6 Å². The first-order valence-corrected chi connectivity index (χ1v) is 13.9. The smallest absolute Gasteiger partial charge is 0.300 e. The summed E-state index contributed by atoms with van der Waals surface area (Å²) in [5.41, 5.74) is 0.687. The quantitative estimate of drug-likeness (QED) is 0.158. The lowest BCUT2D eigenvalue weighted by Gasteiger charge is -2.24. The van der Waals surface area contributed by atoms with Gasteiger partial charge in [0.25, 0.3) is 0 Å². The van der Waals surface area contributed by atoms with Crippen LogP contribution in [0, 0.1) is 17.5 Å². The Hall–Kier alpha value is -4.32. The van der Waals surface area contributed by atoms with Crippen LogP contribution in [0.5, 0.6) is 0 Å². The zero-order chi connectivity index (χ0) is 31.8. The summed E-state index contributed by atoms with van der Waals surface area (Å²) < 4.78 is 85.0. The van der Waals surface area contributed by atoms with Crippen LogP contribution in [0.15, 0.2) is 54.7 Å². The molecular weight excluding hydrogens is 586 g/mol. The number of rotatable bonds is 9. The van der Waals surface area contributed by atoms with E-state index in [2.05, 4.69) is 10.1 Å². The normalized spacial score (nSPS) is 14.4. The van der Waals surface area contributed by atoms with E-state index in [1.807, 2.05) is 4.90 Å². The molecule has 1 aliphatic heterocycles. The lowest BCUT2D eigenvalue weighted by molar-refractivity contribution is -0.142. The molecule has 0 radical (unpaired) electrons. The van der Waals surface area contributed by atoms with Gasteiger partial charge in [-0.15, -0.1) is 0 Å². The van der Waals surface area contributed by atoms with Gasteiger partial charge in [-0.2, -0.15) is 18.3 Å². The van der Waals surface area contributed by atoms with Crippen LogP contribution in [-0.2, 0) is 36.9 Å². The van der Waals surface area contributed by atoms with Crippen molar-refractivity contribution < 1.29 is 35.9 Å². The first-order chi connectivity index (χ1) is 20.8. The second-order valence-corrected chi connectivity index (χ2v) is 11.0. The van der Waals surface area contributed by atoms with Crippen molar-refractivity contribution >= 4 is 11.6 Å². The fraction of sp³-hybridized carbons (Fsp3) is 0.312. The van der Waals surface area contributed by atoms with Crippen LogP contribution in [0.1, 0.15) is 57.8 Å². The van der Waals surface area contributed by atoms with Gasteiger partial charge in [-0.25, -0.2) is 13.2 Å². The lowest BCUT2D eigenvalue weighted by atomic mass is 9.86. The van der Waals surface area contributed by atoms with Crippen LogP contribution in [0.3, 0.4) is 0 Å². The zero-order valence-corrected chi connectivity index (χ0v) is 23.9. The van der Waals surface area contributed by atoms with Crippen LogP contribution in [-0.4, -0.2) is 44.8 Å². The largest absolute Gasteiger partial charge is 0.435 e. The molecule has 1 atom stereocenters. The number of carbonyl (C=O) groups excluding carboxylic acids is 2. The van der Waals surface area contributed by atoms with E-state index in [0.717, 1.165) is 22.9 Å². The van der Waals surface area contributed by atoms with Gasteiger partial charge in [0.15, 0.2) is 17.3 Å². The predicted molar refractivity (Wildman–Crippen MR) is 149 cm³/mol. The summed E-state index contributed by atoms with van der Waals surface area (Å²) in [5, 5.41) is 3.79. The molecule has 0 N–H and O–H groups in total. The van der Waals surface area contributed by atoms with E-state index >= 15 is 0 Å². The van der Waals surface area contributed by atoms with Crippen molar-refractivity contribution in [3.05, 3.63) is 106 Å². The molecular formula is C32H28F6N4O2. The number of ketones is 2. The van der Waals surface area contributed by atoms with Gasteiger partial charge in [0.1, 0.15) is 17.5 Å². The molecule has 2 aromatic carbocycles. The molecule has 44 heavy (non-hydrogen) atoms. The summed E-state index contributed by atoms with van der Waals surface area (Å²) in [6.07, 6.45) is -3.38. The van der Waals surface area contributed by atoms with E-state index in [4.69, 9.17) is 0 Å². The molecule has 4 aromatic rings. The Labute approximate surface area is 249 Å². The number of aromatic nitrogens is 3. The van der Waals surface area contributed by atoms with Gasteiger partial charge in [0.05, 0.1) is 23.5 Å². The first-order valence-electron chi connectivity index (χ1n) is 13.9. The highest BCUT2D eigenvalue weighted by atomic mass is 19.4. The lowest BCUT2D eigenvalue weighted by Crippen LogP contribution is -2.29. The number of nitrogens with zero attached hydrogens (tertiary/aromatic N) is 4. The zero-order valence-electron chi connectivity index (χ0n) is 23.9. The standard InChI is InChI=1S/C32H28F6N4O2/c1-18(43)27-14-20(5-6-28(27)35)25-4-3-8-39-30(25)21(10-19-11-22(33)15-23(34)12-19)13-24(44)16-42-29-17-41(2)9-7-26(29)31(40-42)32(36,37)38/h3-6,8,11-12,14-15,21H,7,9-10,13,16-17H2,1-2H3/t21-/m1/s1. The maximum absolute atomic E-state index is 14.3. The fourth-order valence-electron chi connectivity index (χ4n) is 5.70. The van der Waals surface area contributed by atoms with Crippen molar-refractivity contribution in [3.63, 3.8) is 0 Å². The molecule has 12 heteroatoms. The number of likely N-dealkylation sites (N-methyl/N-ethyl adjacent to an activating group) is 1. The molecule has 230 valence electrons. The topological polar surface area (TPSA) is 68.1 Å². The van der Waals surface area contributed by atoms with Crippen molar-refractivity contribution in [2.24, 2.45) is 0 Å². The summed E-state index contributed by atoms with van der Waals surface area (Å²) in [6.45, 7) is 1.38. The Bertz CT molecular complexity index is 1710.